The van der Waals surface area contributed by atoms with Crippen LogP contribution in [0.2, 0.25) is 0 Å². The molecule has 2 heteroatoms. The Morgan fingerprint density at radius 1 is 1.60 bits per heavy atom. The third-order valence-electron chi connectivity index (χ3n) is 2.63. The summed E-state index contributed by atoms with van der Waals surface area (Å²) >= 11 is 0. The Morgan fingerprint density at radius 2 is 2.40 bits per heavy atom. The number of nitrogens with one attached hydrogen (secondary N) is 2. The van der Waals surface area contributed by atoms with E-state index in [1.807, 2.05) is 7.05 Å². The molecule has 0 amide bonds. The van der Waals surface area contributed by atoms with Gasteiger partial charge in [-0.2, -0.15) is 0 Å². The van der Waals surface area contributed by atoms with Crippen molar-refractivity contribution >= 4 is 0 Å². The minimum atomic E-state index is 0.564. The zero-order chi connectivity index (χ0) is 7.45. The lowest BCUT2D eigenvalue weighted by atomic mass is 9.84. The van der Waals surface area contributed by atoms with Crippen LogP contribution in [0.3, 0.4) is 0 Å². The highest BCUT2D eigenvalue weighted by molar-refractivity contribution is 4.87. The highest BCUT2D eigenvalue weighted by Crippen LogP contribution is 2.27. The SMILES string of the molecule is CCC1(CNC)CCNC1. The molecule has 0 radical (unpaired) electrons. The Bertz CT molecular complexity index is 95.4. The van der Waals surface area contributed by atoms with Crippen molar-refractivity contribution in [2.75, 3.05) is 26.7 Å². The van der Waals surface area contributed by atoms with Crippen LogP contribution in [0.15, 0.2) is 0 Å². The van der Waals surface area contributed by atoms with Crippen LogP contribution in [-0.4, -0.2) is 26.7 Å². The fraction of sp³-hybridized carbons (Fsp3) is 1.00. The van der Waals surface area contributed by atoms with Gasteiger partial charge in [-0.3, -0.25) is 0 Å². The van der Waals surface area contributed by atoms with Crippen LogP contribution < -0.4 is 10.6 Å². The minimum Gasteiger partial charge on any atom is -0.319 e. The zero-order valence-electron chi connectivity index (χ0n) is 7.04. The van der Waals surface area contributed by atoms with E-state index in [-0.39, 0.29) is 0 Å². The van der Waals surface area contributed by atoms with Gasteiger partial charge >= 0.3 is 0 Å². The van der Waals surface area contributed by atoms with Gasteiger partial charge in [0.05, 0.1) is 0 Å². The van der Waals surface area contributed by atoms with E-state index in [9.17, 15) is 0 Å². The maximum atomic E-state index is 3.41. The Morgan fingerprint density at radius 3 is 2.80 bits per heavy atom. The zero-order valence-corrected chi connectivity index (χ0v) is 7.04. The van der Waals surface area contributed by atoms with Gasteiger partial charge < -0.3 is 10.6 Å². The molecule has 2 N–H and O–H groups in total. The summed E-state index contributed by atoms with van der Waals surface area (Å²) in [6.45, 7) is 5.85. The lowest BCUT2D eigenvalue weighted by Crippen LogP contribution is -2.33. The van der Waals surface area contributed by atoms with Crippen LogP contribution >= 0.6 is 0 Å². The molecule has 1 rings (SSSR count). The van der Waals surface area contributed by atoms with E-state index in [1.54, 1.807) is 0 Å². The highest BCUT2D eigenvalue weighted by atomic mass is 15.0. The number of rotatable bonds is 3. The van der Waals surface area contributed by atoms with E-state index < -0.39 is 0 Å². The largest absolute Gasteiger partial charge is 0.319 e. The second kappa shape index (κ2) is 3.35. The van der Waals surface area contributed by atoms with E-state index >= 15 is 0 Å². The Hall–Kier alpha value is -0.0800. The molecule has 1 heterocycles. The molecule has 0 aromatic carbocycles. The molecule has 0 aromatic rings. The van der Waals surface area contributed by atoms with Crippen molar-refractivity contribution in [3.63, 3.8) is 0 Å². The van der Waals surface area contributed by atoms with Crippen LogP contribution in [0.1, 0.15) is 19.8 Å². The molecule has 1 atom stereocenters. The number of hydrogen-bond donors (Lipinski definition) is 2. The van der Waals surface area contributed by atoms with Crippen LogP contribution in [0.4, 0.5) is 0 Å². The van der Waals surface area contributed by atoms with Gasteiger partial charge in [-0.05, 0) is 31.8 Å². The summed E-state index contributed by atoms with van der Waals surface area (Å²) in [4.78, 5) is 0. The van der Waals surface area contributed by atoms with Crippen molar-refractivity contribution in [2.45, 2.75) is 19.8 Å². The topological polar surface area (TPSA) is 24.1 Å². The molecule has 0 aliphatic carbocycles. The number of hydrogen-bond acceptors (Lipinski definition) is 2. The van der Waals surface area contributed by atoms with Gasteiger partial charge in [0.2, 0.25) is 0 Å². The first-order chi connectivity index (χ1) is 4.83. The summed E-state index contributed by atoms with van der Waals surface area (Å²) in [5.74, 6) is 0. The quantitative estimate of drug-likeness (QED) is 0.603. The fourth-order valence-corrected chi connectivity index (χ4v) is 1.75. The van der Waals surface area contributed by atoms with Crippen molar-refractivity contribution in [3.05, 3.63) is 0 Å². The van der Waals surface area contributed by atoms with E-state index in [1.165, 1.54) is 25.9 Å². The normalized spacial score (nSPS) is 33.0. The van der Waals surface area contributed by atoms with Gasteiger partial charge in [-0.1, -0.05) is 6.92 Å². The lowest BCUT2D eigenvalue weighted by molar-refractivity contribution is 0.300. The summed E-state index contributed by atoms with van der Waals surface area (Å²) in [6, 6.07) is 0. The second-order valence-electron chi connectivity index (χ2n) is 3.31. The van der Waals surface area contributed by atoms with Crippen LogP contribution in [0.5, 0.6) is 0 Å². The molecular weight excluding hydrogens is 124 g/mol. The summed E-state index contributed by atoms with van der Waals surface area (Å²) in [5.41, 5.74) is 0.564. The molecule has 1 aliphatic heterocycles. The Kier molecular flexibility index (Phi) is 2.69. The Balaban J connectivity index is 2.41. The maximum absolute atomic E-state index is 3.41. The summed E-state index contributed by atoms with van der Waals surface area (Å²) in [6.07, 6.45) is 2.63. The molecule has 0 aromatic heterocycles. The van der Waals surface area contributed by atoms with Crippen molar-refractivity contribution in [2.24, 2.45) is 5.41 Å². The first-order valence-electron chi connectivity index (χ1n) is 4.18. The summed E-state index contributed by atoms with van der Waals surface area (Å²) in [5, 5.41) is 6.67. The second-order valence-corrected chi connectivity index (χ2v) is 3.31. The monoisotopic (exact) mass is 142 g/mol. The minimum absolute atomic E-state index is 0.564. The van der Waals surface area contributed by atoms with E-state index in [0.717, 1.165) is 6.54 Å². The molecule has 0 bridgehead atoms. The molecule has 60 valence electrons. The third-order valence-corrected chi connectivity index (χ3v) is 2.63. The van der Waals surface area contributed by atoms with Gasteiger partial charge in [0.15, 0.2) is 0 Å². The summed E-state index contributed by atoms with van der Waals surface area (Å²) < 4.78 is 0. The molecule has 0 spiro atoms. The molecule has 1 unspecified atom stereocenters. The van der Waals surface area contributed by atoms with Gasteiger partial charge in [-0.15, -0.1) is 0 Å². The van der Waals surface area contributed by atoms with Crippen molar-refractivity contribution in [3.8, 4) is 0 Å². The van der Waals surface area contributed by atoms with Crippen LogP contribution in [-0.2, 0) is 0 Å². The Labute approximate surface area is 63.4 Å². The van der Waals surface area contributed by atoms with Crippen LogP contribution in [0.25, 0.3) is 0 Å². The first-order valence-corrected chi connectivity index (χ1v) is 4.18. The molecule has 10 heavy (non-hydrogen) atoms. The fourth-order valence-electron chi connectivity index (χ4n) is 1.75. The smallest absolute Gasteiger partial charge is 0.00204 e. The lowest BCUT2D eigenvalue weighted by Gasteiger charge is -2.25. The molecular formula is C8H18N2. The molecule has 1 aliphatic rings. The van der Waals surface area contributed by atoms with Gasteiger partial charge in [0, 0.05) is 13.1 Å². The van der Waals surface area contributed by atoms with Crippen molar-refractivity contribution < 1.29 is 0 Å². The average molecular weight is 142 g/mol. The standard InChI is InChI=1S/C8H18N2/c1-3-8(6-9-2)4-5-10-7-8/h9-10H,3-7H2,1-2H3. The third kappa shape index (κ3) is 1.50. The van der Waals surface area contributed by atoms with Gasteiger partial charge in [0.25, 0.3) is 0 Å². The molecule has 2 nitrogen and oxygen atoms in total. The predicted octanol–water partition coefficient (Wildman–Crippen LogP) is 0.595. The van der Waals surface area contributed by atoms with Crippen molar-refractivity contribution in [1.29, 1.82) is 0 Å². The van der Waals surface area contributed by atoms with Crippen LogP contribution in [0, 0.1) is 5.41 Å². The predicted molar refractivity (Wildman–Crippen MR) is 44.1 cm³/mol. The van der Waals surface area contributed by atoms with E-state index in [2.05, 4.69) is 17.6 Å². The molecule has 1 fully saturated rings. The average Bonchev–Trinajstić information content (AvgIpc) is 2.39. The maximum Gasteiger partial charge on any atom is 0.00204 e. The molecule has 1 saturated heterocycles. The molecule has 0 saturated carbocycles. The summed E-state index contributed by atoms with van der Waals surface area (Å²) in [7, 11) is 2.04. The van der Waals surface area contributed by atoms with Crippen molar-refractivity contribution in [1.82, 2.24) is 10.6 Å². The first kappa shape index (κ1) is 8.02. The van der Waals surface area contributed by atoms with Gasteiger partial charge in [0.1, 0.15) is 0 Å². The van der Waals surface area contributed by atoms with E-state index in [4.69, 9.17) is 0 Å². The highest BCUT2D eigenvalue weighted by Gasteiger charge is 2.30. The van der Waals surface area contributed by atoms with E-state index in [0.29, 0.717) is 5.41 Å². The van der Waals surface area contributed by atoms with Gasteiger partial charge in [-0.25, -0.2) is 0 Å².